The van der Waals surface area contributed by atoms with E-state index in [2.05, 4.69) is 41.5 Å². The second-order valence-electron chi connectivity index (χ2n) is 5.06. The molecule has 1 aromatic carbocycles. The molecule has 0 amide bonds. The quantitative estimate of drug-likeness (QED) is 0.795. The highest BCUT2D eigenvalue weighted by Gasteiger charge is 2.17. The van der Waals surface area contributed by atoms with E-state index in [0.29, 0.717) is 0 Å². The normalized spacial score (nSPS) is 17.5. The van der Waals surface area contributed by atoms with Crippen molar-refractivity contribution in [2.45, 2.75) is 44.6 Å². The number of nitrogens with zero attached hydrogens (tertiary/aromatic N) is 1. The lowest BCUT2D eigenvalue weighted by atomic mass is 10.1. The lowest BCUT2D eigenvalue weighted by Gasteiger charge is -2.29. The Morgan fingerprint density at radius 2 is 1.82 bits per heavy atom. The molecule has 1 aromatic rings. The summed E-state index contributed by atoms with van der Waals surface area (Å²) >= 11 is 0. The van der Waals surface area contributed by atoms with Gasteiger partial charge in [0.2, 0.25) is 0 Å². The summed E-state index contributed by atoms with van der Waals surface area (Å²) in [6.07, 6.45) is 8.31. The Morgan fingerprint density at radius 3 is 2.47 bits per heavy atom. The first kappa shape index (κ1) is 12.3. The van der Waals surface area contributed by atoms with Gasteiger partial charge in [0.25, 0.3) is 0 Å². The summed E-state index contributed by atoms with van der Waals surface area (Å²) in [6, 6.07) is 9.43. The van der Waals surface area contributed by atoms with Crippen molar-refractivity contribution in [3.05, 3.63) is 24.3 Å². The molecule has 0 atom stereocenters. The van der Waals surface area contributed by atoms with Gasteiger partial charge in [-0.05, 0) is 31.0 Å². The first-order valence-corrected chi connectivity index (χ1v) is 6.82. The lowest BCUT2D eigenvalue weighted by molar-refractivity contribution is 0.553. The Morgan fingerprint density at radius 1 is 1.12 bits per heavy atom. The van der Waals surface area contributed by atoms with E-state index in [9.17, 15) is 0 Å². The molecule has 94 valence electrons. The monoisotopic (exact) mass is 232 g/mol. The van der Waals surface area contributed by atoms with Crippen LogP contribution in [0.3, 0.4) is 0 Å². The van der Waals surface area contributed by atoms with E-state index in [-0.39, 0.29) is 0 Å². The summed E-state index contributed by atoms with van der Waals surface area (Å²) in [7, 11) is 4.22. The maximum absolute atomic E-state index is 3.21. The van der Waals surface area contributed by atoms with Crippen molar-refractivity contribution < 1.29 is 0 Å². The minimum Gasteiger partial charge on any atom is -0.388 e. The minimum atomic E-state index is 0.726. The predicted octanol–water partition coefficient (Wildman–Crippen LogP) is 3.89. The molecule has 1 N–H and O–H groups in total. The Balaban J connectivity index is 2.08. The van der Waals surface area contributed by atoms with Gasteiger partial charge in [-0.15, -0.1) is 0 Å². The molecule has 0 heterocycles. The van der Waals surface area contributed by atoms with Crippen LogP contribution < -0.4 is 10.2 Å². The van der Waals surface area contributed by atoms with Crippen molar-refractivity contribution in [3.63, 3.8) is 0 Å². The predicted molar refractivity (Wildman–Crippen MR) is 75.9 cm³/mol. The molecule has 1 saturated carbocycles. The zero-order valence-electron chi connectivity index (χ0n) is 11.1. The van der Waals surface area contributed by atoms with E-state index < -0.39 is 0 Å². The van der Waals surface area contributed by atoms with E-state index in [4.69, 9.17) is 0 Å². The molecule has 0 spiro atoms. The van der Waals surface area contributed by atoms with Crippen LogP contribution in [0.15, 0.2) is 24.3 Å². The summed E-state index contributed by atoms with van der Waals surface area (Å²) < 4.78 is 0. The Kier molecular flexibility index (Phi) is 4.29. The number of benzene rings is 1. The number of hydrogen-bond acceptors (Lipinski definition) is 2. The fourth-order valence-electron chi connectivity index (χ4n) is 2.74. The van der Waals surface area contributed by atoms with Crippen LogP contribution >= 0.6 is 0 Å². The van der Waals surface area contributed by atoms with Crippen LogP contribution in [0.4, 0.5) is 11.4 Å². The maximum atomic E-state index is 3.21. The van der Waals surface area contributed by atoms with Gasteiger partial charge in [-0.2, -0.15) is 0 Å². The van der Waals surface area contributed by atoms with E-state index in [1.54, 1.807) is 0 Å². The third-order valence-electron chi connectivity index (χ3n) is 3.91. The molecule has 2 heteroatoms. The van der Waals surface area contributed by atoms with Crippen molar-refractivity contribution in [2.24, 2.45) is 0 Å². The molecule has 1 aliphatic carbocycles. The minimum absolute atomic E-state index is 0.726. The van der Waals surface area contributed by atoms with Gasteiger partial charge in [-0.3, -0.25) is 0 Å². The van der Waals surface area contributed by atoms with Gasteiger partial charge in [-0.25, -0.2) is 0 Å². The molecule has 2 nitrogen and oxygen atoms in total. The molecule has 2 rings (SSSR count). The van der Waals surface area contributed by atoms with Gasteiger partial charge in [0, 0.05) is 31.5 Å². The van der Waals surface area contributed by atoms with Gasteiger partial charge in [-0.1, -0.05) is 31.7 Å². The molecule has 0 saturated heterocycles. The smallest absolute Gasteiger partial charge is 0.0386 e. The van der Waals surface area contributed by atoms with E-state index >= 15 is 0 Å². The molecule has 0 unspecified atom stereocenters. The zero-order valence-corrected chi connectivity index (χ0v) is 11.1. The highest BCUT2D eigenvalue weighted by atomic mass is 15.1. The summed E-state index contributed by atoms with van der Waals surface area (Å²) in [4.78, 5) is 2.46. The average Bonchev–Trinajstić information content (AvgIpc) is 2.67. The van der Waals surface area contributed by atoms with Gasteiger partial charge >= 0.3 is 0 Å². The van der Waals surface area contributed by atoms with E-state index in [1.807, 2.05) is 7.05 Å². The summed E-state index contributed by atoms with van der Waals surface area (Å²) in [6.45, 7) is 0. The standard InChI is InChI=1S/C15H24N2/c1-16-13-8-7-11-15(12-13)17(2)14-9-5-3-4-6-10-14/h7-8,11-12,14,16H,3-6,9-10H2,1-2H3. The summed E-state index contributed by atoms with van der Waals surface area (Å²) in [5.41, 5.74) is 2.53. The average molecular weight is 232 g/mol. The van der Waals surface area contributed by atoms with Crippen LogP contribution in [0.2, 0.25) is 0 Å². The van der Waals surface area contributed by atoms with Crippen LogP contribution in [0.1, 0.15) is 38.5 Å². The van der Waals surface area contributed by atoms with Crippen LogP contribution in [0.5, 0.6) is 0 Å². The highest BCUT2D eigenvalue weighted by molar-refractivity contribution is 5.57. The maximum Gasteiger partial charge on any atom is 0.0386 e. The number of anilines is 2. The molecule has 0 aromatic heterocycles. The Bertz CT molecular complexity index is 341. The Hall–Kier alpha value is -1.18. The first-order chi connectivity index (χ1) is 8.31. The highest BCUT2D eigenvalue weighted by Crippen LogP contribution is 2.26. The fraction of sp³-hybridized carbons (Fsp3) is 0.600. The number of hydrogen-bond donors (Lipinski definition) is 1. The van der Waals surface area contributed by atoms with Crippen LogP contribution in [0, 0.1) is 0 Å². The zero-order chi connectivity index (χ0) is 12.1. The van der Waals surface area contributed by atoms with Crippen molar-refractivity contribution in [2.75, 3.05) is 24.3 Å². The van der Waals surface area contributed by atoms with Gasteiger partial charge in [0.1, 0.15) is 0 Å². The van der Waals surface area contributed by atoms with Gasteiger partial charge in [0.15, 0.2) is 0 Å². The largest absolute Gasteiger partial charge is 0.388 e. The van der Waals surface area contributed by atoms with E-state index in [1.165, 1.54) is 49.9 Å². The third kappa shape index (κ3) is 3.15. The molecule has 0 radical (unpaired) electrons. The SMILES string of the molecule is CNc1cccc(N(C)C2CCCCCC2)c1. The van der Waals surface area contributed by atoms with Crippen LogP contribution in [0.25, 0.3) is 0 Å². The third-order valence-corrected chi connectivity index (χ3v) is 3.91. The molecule has 0 aliphatic heterocycles. The fourth-order valence-corrected chi connectivity index (χ4v) is 2.74. The summed E-state index contributed by atoms with van der Waals surface area (Å²) in [5, 5.41) is 3.21. The number of rotatable bonds is 3. The molecular formula is C15H24N2. The molecule has 1 aliphatic rings. The molecule has 0 bridgehead atoms. The Labute approximate surface area is 105 Å². The summed E-state index contributed by atoms with van der Waals surface area (Å²) in [5.74, 6) is 0. The van der Waals surface area contributed by atoms with Gasteiger partial charge < -0.3 is 10.2 Å². The topological polar surface area (TPSA) is 15.3 Å². The molecular weight excluding hydrogens is 208 g/mol. The second kappa shape index (κ2) is 5.95. The van der Waals surface area contributed by atoms with Crippen molar-refractivity contribution in [1.82, 2.24) is 0 Å². The second-order valence-corrected chi connectivity index (χ2v) is 5.06. The van der Waals surface area contributed by atoms with Crippen LogP contribution in [-0.2, 0) is 0 Å². The van der Waals surface area contributed by atoms with Crippen molar-refractivity contribution >= 4 is 11.4 Å². The van der Waals surface area contributed by atoms with Crippen LogP contribution in [-0.4, -0.2) is 20.1 Å². The number of nitrogens with one attached hydrogen (secondary N) is 1. The lowest BCUT2D eigenvalue weighted by Crippen LogP contribution is -2.30. The van der Waals surface area contributed by atoms with Crippen molar-refractivity contribution in [1.29, 1.82) is 0 Å². The first-order valence-electron chi connectivity index (χ1n) is 6.82. The van der Waals surface area contributed by atoms with E-state index in [0.717, 1.165) is 6.04 Å². The van der Waals surface area contributed by atoms with Gasteiger partial charge in [0.05, 0.1) is 0 Å². The van der Waals surface area contributed by atoms with Crippen molar-refractivity contribution in [3.8, 4) is 0 Å². The molecule has 1 fully saturated rings. The molecule has 17 heavy (non-hydrogen) atoms.